The van der Waals surface area contributed by atoms with Crippen LogP contribution in [-0.2, 0) is 19.0 Å². The fourth-order valence-corrected chi connectivity index (χ4v) is 7.01. The first kappa shape index (κ1) is 28.0. The molecule has 0 bridgehead atoms. The summed E-state index contributed by atoms with van der Waals surface area (Å²) in [4.78, 5) is 41.5. The van der Waals surface area contributed by atoms with Gasteiger partial charge >= 0.3 is 12.1 Å². The average molecular weight is 602 g/mol. The number of esters is 1. The minimum atomic E-state index is -0.845. The number of carbonyl (C=O) groups is 2. The summed E-state index contributed by atoms with van der Waals surface area (Å²) in [6.45, 7) is 6.70. The SMILES string of the molecule is COC(=O)C1=C(CN2C3COCC34C(=NC(=O)OC(C)(C)C)C[C@@H]24)NC(c2nccs2)=N[C@H]1c1ccc(F)cc1Cl. The van der Waals surface area contributed by atoms with Crippen LogP contribution in [0.15, 0.2) is 51.0 Å². The molecule has 2 unspecified atom stereocenters. The minimum Gasteiger partial charge on any atom is -0.466 e. The van der Waals surface area contributed by atoms with Gasteiger partial charge < -0.3 is 19.5 Å². The van der Waals surface area contributed by atoms with Crippen LogP contribution in [0.2, 0.25) is 5.02 Å². The van der Waals surface area contributed by atoms with E-state index in [0.29, 0.717) is 48.3 Å². The number of nitrogens with zero attached hydrogens (tertiary/aromatic N) is 4. The van der Waals surface area contributed by atoms with E-state index in [9.17, 15) is 14.0 Å². The van der Waals surface area contributed by atoms with Crippen LogP contribution in [0.5, 0.6) is 0 Å². The highest BCUT2D eigenvalue weighted by atomic mass is 35.5. The zero-order valence-corrected chi connectivity index (χ0v) is 24.5. The molecule has 1 aliphatic carbocycles. The lowest BCUT2D eigenvalue weighted by molar-refractivity contribution is -0.136. The fraction of sp³-hybridized carbons (Fsp3) is 0.464. The molecule has 3 fully saturated rings. The van der Waals surface area contributed by atoms with Gasteiger partial charge in [0, 0.05) is 58.6 Å². The molecule has 1 aromatic carbocycles. The number of hydrogen-bond donors (Lipinski definition) is 1. The van der Waals surface area contributed by atoms with Crippen molar-refractivity contribution in [3.63, 3.8) is 0 Å². The molecule has 1 spiro atoms. The Labute approximate surface area is 245 Å². The number of piperidine rings is 1. The first-order valence-electron chi connectivity index (χ1n) is 13.2. The Balaban J connectivity index is 1.34. The van der Waals surface area contributed by atoms with Gasteiger partial charge in [-0.3, -0.25) is 9.89 Å². The van der Waals surface area contributed by atoms with Crippen LogP contribution < -0.4 is 5.32 Å². The second kappa shape index (κ2) is 10.3. The monoisotopic (exact) mass is 601 g/mol. The largest absolute Gasteiger partial charge is 0.466 e. The number of likely N-dealkylation sites (tertiary alicyclic amines) is 1. The Kier molecular flexibility index (Phi) is 7.00. The van der Waals surface area contributed by atoms with E-state index in [1.807, 2.05) is 5.38 Å². The van der Waals surface area contributed by atoms with E-state index in [4.69, 9.17) is 30.8 Å². The Morgan fingerprint density at radius 2 is 2.15 bits per heavy atom. The highest BCUT2D eigenvalue weighted by Gasteiger charge is 2.72. The van der Waals surface area contributed by atoms with Crippen LogP contribution in [-0.4, -0.2) is 78.0 Å². The van der Waals surface area contributed by atoms with Crippen LogP contribution >= 0.6 is 22.9 Å². The summed E-state index contributed by atoms with van der Waals surface area (Å²) in [5.41, 5.74) is 1.13. The Morgan fingerprint density at radius 3 is 2.83 bits per heavy atom. The number of aromatic nitrogens is 1. The lowest BCUT2D eigenvalue weighted by Gasteiger charge is -2.67. The maximum Gasteiger partial charge on any atom is 0.434 e. The average Bonchev–Trinajstić information content (AvgIpc) is 3.59. The van der Waals surface area contributed by atoms with Crippen LogP contribution in [0.4, 0.5) is 9.18 Å². The lowest BCUT2D eigenvalue weighted by atomic mass is 9.52. The van der Waals surface area contributed by atoms with Crippen molar-refractivity contribution in [2.45, 2.75) is 50.9 Å². The maximum atomic E-state index is 13.9. The van der Waals surface area contributed by atoms with Crippen molar-refractivity contribution < 1.29 is 28.2 Å². The van der Waals surface area contributed by atoms with Crippen molar-refractivity contribution in [1.29, 1.82) is 0 Å². The molecular formula is C28H29ClFN5O5S. The van der Waals surface area contributed by atoms with E-state index < -0.39 is 29.5 Å². The molecule has 41 heavy (non-hydrogen) atoms. The van der Waals surface area contributed by atoms with Crippen molar-refractivity contribution in [2.24, 2.45) is 15.4 Å². The molecular weight excluding hydrogens is 573 g/mol. The van der Waals surface area contributed by atoms with E-state index in [-0.39, 0.29) is 28.1 Å². The number of nitrogens with one attached hydrogen (secondary N) is 1. The van der Waals surface area contributed by atoms with Crippen LogP contribution in [0.25, 0.3) is 0 Å². The maximum absolute atomic E-state index is 13.9. The van der Waals surface area contributed by atoms with Gasteiger partial charge in [-0.1, -0.05) is 17.7 Å². The minimum absolute atomic E-state index is 0.0364. The van der Waals surface area contributed by atoms with Crippen molar-refractivity contribution in [1.82, 2.24) is 15.2 Å². The smallest absolute Gasteiger partial charge is 0.434 e. The molecule has 1 aromatic heterocycles. The summed E-state index contributed by atoms with van der Waals surface area (Å²) < 4.78 is 30.4. The Morgan fingerprint density at radius 1 is 1.34 bits per heavy atom. The molecule has 4 atom stereocenters. The summed E-state index contributed by atoms with van der Waals surface area (Å²) >= 11 is 7.86. The number of amidine groups is 1. The standard InChI is InChI=1S/C28H29ClFN5O5S/c1-27(2,3)40-26(37)33-18-10-19-28(18)13-39-12-20(28)35(19)11-17-21(25(36)38-4)22(15-6-5-14(30)9-16(15)29)34-23(32-17)24-31-7-8-41-24/h5-9,19-20,22H,10-13H2,1-4H3,(H,32,34)/t19-,20?,22+,28?/m1/s1. The highest BCUT2D eigenvalue weighted by Crippen LogP contribution is 2.59. The van der Waals surface area contributed by atoms with Crippen molar-refractivity contribution in [3.8, 4) is 0 Å². The number of halogens is 2. The molecule has 1 amide bonds. The summed E-state index contributed by atoms with van der Waals surface area (Å²) in [6, 6.07) is 3.20. The molecule has 4 aliphatic rings. The molecule has 0 radical (unpaired) electrons. The predicted octanol–water partition coefficient (Wildman–Crippen LogP) is 4.30. The molecule has 1 N–H and O–H groups in total. The first-order chi connectivity index (χ1) is 19.5. The Bertz CT molecular complexity index is 1500. The normalized spacial score (nSPS) is 28.2. The summed E-state index contributed by atoms with van der Waals surface area (Å²) in [5.74, 6) is -0.592. The number of carbonyl (C=O) groups excluding carboxylic acids is 2. The van der Waals surface area contributed by atoms with Crippen molar-refractivity contribution >= 4 is 46.5 Å². The van der Waals surface area contributed by atoms with Crippen LogP contribution in [0, 0.1) is 11.2 Å². The molecule has 2 aromatic rings. The van der Waals surface area contributed by atoms with Crippen molar-refractivity contribution in [3.05, 3.63) is 62.5 Å². The van der Waals surface area contributed by atoms with Gasteiger partial charge in [0.15, 0.2) is 10.8 Å². The van der Waals surface area contributed by atoms with Gasteiger partial charge in [-0.2, -0.15) is 4.99 Å². The van der Waals surface area contributed by atoms with E-state index in [1.54, 1.807) is 27.0 Å². The van der Waals surface area contributed by atoms with E-state index >= 15 is 0 Å². The molecule has 1 saturated carbocycles. The number of hydrogen-bond acceptors (Lipinski definition) is 10. The molecule has 13 heteroatoms. The Hall–Kier alpha value is -3.19. The second-order valence-electron chi connectivity index (χ2n) is 11.4. The van der Waals surface area contributed by atoms with E-state index in [1.165, 1.54) is 36.6 Å². The number of methoxy groups -OCH3 is 1. The third-order valence-corrected chi connectivity index (χ3v) is 9.02. The van der Waals surface area contributed by atoms with Crippen LogP contribution in [0.3, 0.4) is 0 Å². The topological polar surface area (TPSA) is 115 Å². The van der Waals surface area contributed by atoms with Gasteiger partial charge in [-0.25, -0.2) is 19.0 Å². The van der Waals surface area contributed by atoms with E-state index in [0.717, 1.165) is 5.71 Å². The lowest BCUT2D eigenvalue weighted by Crippen LogP contribution is -2.81. The number of aliphatic imine (C=N–C) groups is 2. The van der Waals surface area contributed by atoms with Gasteiger partial charge in [0.25, 0.3) is 0 Å². The van der Waals surface area contributed by atoms with Crippen LogP contribution in [0.1, 0.15) is 43.8 Å². The number of amides is 1. The molecule has 216 valence electrons. The zero-order chi connectivity index (χ0) is 29.1. The van der Waals surface area contributed by atoms with E-state index in [2.05, 4.69) is 20.2 Å². The summed E-state index contributed by atoms with van der Waals surface area (Å²) in [6.07, 6.45) is 1.65. The molecule has 4 heterocycles. The second-order valence-corrected chi connectivity index (χ2v) is 12.7. The first-order valence-corrected chi connectivity index (χ1v) is 14.4. The molecule has 2 saturated heterocycles. The number of thiazole rings is 1. The van der Waals surface area contributed by atoms with Gasteiger partial charge in [-0.15, -0.1) is 11.3 Å². The molecule has 10 nitrogen and oxygen atoms in total. The third kappa shape index (κ3) is 4.76. The van der Waals surface area contributed by atoms with Gasteiger partial charge in [0.2, 0.25) is 0 Å². The number of rotatable bonds is 5. The van der Waals surface area contributed by atoms with Gasteiger partial charge in [-0.05, 0) is 32.9 Å². The van der Waals surface area contributed by atoms with Crippen molar-refractivity contribution in [2.75, 3.05) is 26.9 Å². The summed E-state index contributed by atoms with van der Waals surface area (Å²) in [7, 11) is 1.31. The van der Waals surface area contributed by atoms with Gasteiger partial charge in [0.1, 0.15) is 17.5 Å². The molecule has 3 aliphatic heterocycles. The molecule has 6 rings (SSSR count). The fourth-order valence-electron chi connectivity index (χ4n) is 6.15. The predicted molar refractivity (Wildman–Crippen MR) is 151 cm³/mol. The highest BCUT2D eigenvalue weighted by molar-refractivity contribution is 7.11. The number of benzene rings is 1. The summed E-state index contributed by atoms with van der Waals surface area (Å²) in [5, 5.41) is 5.94. The van der Waals surface area contributed by atoms with Gasteiger partial charge in [0.05, 0.1) is 31.3 Å². The third-order valence-electron chi connectivity index (χ3n) is 7.91. The zero-order valence-electron chi connectivity index (χ0n) is 22.9. The number of ether oxygens (including phenoxy) is 3. The quantitative estimate of drug-likeness (QED) is 0.505.